The fourth-order valence-electron chi connectivity index (χ4n) is 8.29. The standard InChI is InChI=1S/C31H38FN7O3/c1-18-7-9-31(26-20(18)5-6-23(34)21(26)14-33)13-24-22(16-42-31)28(39-11-2-4-25(39)27(35)40)37-29(36-24)41-17-30-8-3-10-38(30)15-19(32)12-30/h5-6,18-19,25H,2-4,7-13,15-17,34H2,1H3,(H2,35,40)/t18-,19+,25-,30-,31-/m0/s1. The Morgan fingerprint density at radius 2 is 2.12 bits per heavy atom. The van der Waals surface area contributed by atoms with Crippen LogP contribution >= 0.6 is 0 Å². The van der Waals surface area contributed by atoms with E-state index in [1.54, 1.807) is 0 Å². The molecule has 5 atom stereocenters. The molecule has 11 heteroatoms. The van der Waals surface area contributed by atoms with Crippen LogP contribution in [0.1, 0.15) is 85.7 Å². The Morgan fingerprint density at radius 1 is 1.26 bits per heavy atom. The number of benzene rings is 1. The molecule has 4 aliphatic heterocycles. The number of nitrogens with zero attached hydrogens (tertiary/aromatic N) is 5. The number of amides is 1. The number of aromatic nitrogens is 2. The van der Waals surface area contributed by atoms with Crippen LogP contribution in [0, 0.1) is 11.3 Å². The van der Waals surface area contributed by atoms with Crippen LogP contribution < -0.4 is 21.1 Å². The molecular weight excluding hydrogens is 537 g/mol. The second-order valence-electron chi connectivity index (χ2n) is 12.9. The first-order valence-electron chi connectivity index (χ1n) is 15.2. The molecule has 1 aromatic heterocycles. The van der Waals surface area contributed by atoms with Gasteiger partial charge in [-0.15, -0.1) is 0 Å². The van der Waals surface area contributed by atoms with Gasteiger partial charge in [0.05, 0.1) is 23.4 Å². The van der Waals surface area contributed by atoms with Crippen LogP contribution in [0.15, 0.2) is 12.1 Å². The Balaban J connectivity index is 1.30. The average molecular weight is 576 g/mol. The number of hydrogen-bond donors (Lipinski definition) is 2. The fraction of sp³-hybridized carbons (Fsp3) is 0.613. The van der Waals surface area contributed by atoms with E-state index in [4.69, 9.17) is 30.9 Å². The summed E-state index contributed by atoms with van der Waals surface area (Å²) in [4.78, 5) is 26.4. The van der Waals surface area contributed by atoms with Gasteiger partial charge in [0.25, 0.3) is 0 Å². The van der Waals surface area contributed by atoms with Crippen molar-refractivity contribution in [3.8, 4) is 12.1 Å². The molecule has 3 saturated heterocycles. The van der Waals surface area contributed by atoms with Crippen molar-refractivity contribution in [3.63, 3.8) is 0 Å². The summed E-state index contributed by atoms with van der Waals surface area (Å²) in [6.07, 6.45) is 5.00. The lowest BCUT2D eigenvalue weighted by Gasteiger charge is -2.45. The zero-order valence-corrected chi connectivity index (χ0v) is 24.1. The van der Waals surface area contributed by atoms with Gasteiger partial charge in [-0.1, -0.05) is 13.0 Å². The van der Waals surface area contributed by atoms with Gasteiger partial charge in [0, 0.05) is 42.7 Å². The maximum absolute atomic E-state index is 14.4. The van der Waals surface area contributed by atoms with Crippen molar-refractivity contribution in [3.05, 3.63) is 40.1 Å². The third kappa shape index (κ3) is 4.21. The number of rotatable bonds is 5. The lowest BCUT2D eigenvalue weighted by molar-refractivity contribution is -0.119. The van der Waals surface area contributed by atoms with Crippen LogP contribution in [-0.2, 0) is 28.2 Å². The highest BCUT2D eigenvalue weighted by atomic mass is 19.1. The van der Waals surface area contributed by atoms with Gasteiger partial charge in [-0.25, -0.2) is 4.39 Å². The van der Waals surface area contributed by atoms with Crippen LogP contribution in [0.4, 0.5) is 15.9 Å². The number of halogens is 1. The largest absolute Gasteiger partial charge is 0.461 e. The predicted molar refractivity (Wildman–Crippen MR) is 154 cm³/mol. The lowest BCUT2D eigenvalue weighted by atomic mass is 9.69. The van der Waals surface area contributed by atoms with Crippen molar-refractivity contribution in [2.75, 3.05) is 36.9 Å². The number of nitrogens with two attached hydrogens (primary N) is 2. The number of nitriles is 1. The number of ether oxygens (including phenoxy) is 2. The SMILES string of the molecule is C[C@H]1CC[C@]2(Cc3nc(OC[C@@]45CCCN4C[C@H](F)C5)nc(N4CCC[C@H]4C(N)=O)c3CO2)c2c1ccc(N)c2C#N. The molecule has 1 aromatic carbocycles. The molecule has 5 heterocycles. The van der Waals surface area contributed by atoms with Gasteiger partial charge < -0.3 is 25.8 Å². The second-order valence-corrected chi connectivity index (χ2v) is 12.9. The number of hydrogen-bond acceptors (Lipinski definition) is 9. The molecule has 4 N–H and O–H groups in total. The third-order valence-electron chi connectivity index (χ3n) is 10.4. The maximum atomic E-state index is 14.4. The number of carbonyl (C=O) groups is 1. The smallest absolute Gasteiger partial charge is 0.318 e. The molecule has 5 aliphatic rings. The summed E-state index contributed by atoms with van der Waals surface area (Å²) in [5.41, 5.74) is 15.4. The van der Waals surface area contributed by atoms with E-state index >= 15 is 0 Å². The van der Waals surface area contributed by atoms with Crippen molar-refractivity contribution in [2.24, 2.45) is 5.73 Å². The second kappa shape index (κ2) is 10.1. The highest BCUT2D eigenvalue weighted by Crippen LogP contribution is 2.51. The summed E-state index contributed by atoms with van der Waals surface area (Å²) < 4.78 is 27.5. The number of nitrogen functional groups attached to an aromatic ring is 1. The van der Waals surface area contributed by atoms with Crippen LogP contribution in [0.2, 0.25) is 0 Å². The van der Waals surface area contributed by atoms with E-state index in [9.17, 15) is 14.4 Å². The Labute approximate surface area is 245 Å². The van der Waals surface area contributed by atoms with E-state index in [-0.39, 0.29) is 30.0 Å². The highest BCUT2D eigenvalue weighted by molar-refractivity contribution is 5.84. The number of carbonyl (C=O) groups excluding carboxylic acids is 1. The van der Waals surface area contributed by atoms with Crippen molar-refractivity contribution in [1.82, 2.24) is 14.9 Å². The summed E-state index contributed by atoms with van der Waals surface area (Å²) in [6.45, 7) is 4.65. The van der Waals surface area contributed by atoms with Gasteiger partial charge in [-0.2, -0.15) is 15.2 Å². The van der Waals surface area contributed by atoms with Gasteiger partial charge in [0.15, 0.2) is 0 Å². The quantitative estimate of drug-likeness (QED) is 0.514. The van der Waals surface area contributed by atoms with E-state index in [1.165, 1.54) is 0 Å². The van der Waals surface area contributed by atoms with Crippen LogP contribution in [0.3, 0.4) is 0 Å². The van der Waals surface area contributed by atoms with Gasteiger partial charge in [-0.05, 0) is 62.6 Å². The maximum Gasteiger partial charge on any atom is 0.318 e. The molecule has 0 radical (unpaired) electrons. The Hall–Kier alpha value is -3.49. The topological polar surface area (TPSA) is 144 Å². The molecule has 2 aromatic rings. The summed E-state index contributed by atoms with van der Waals surface area (Å²) in [7, 11) is 0. The zero-order valence-electron chi connectivity index (χ0n) is 24.1. The molecule has 42 heavy (non-hydrogen) atoms. The van der Waals surface area contributed by atoms with E-state index in [0.29, 0.717) is 56.0 Å². The predicted octanol–water partition coefficient (Wildman–Crippen LogP) is 3.21. The molecule has 0 unspecified atom stereocenters. The van der Waals surface area contributed by atoms with Gasteiger partial charge in [-0.3, -0.25) is 9.69 Å². The van der Waals surface area contributed by atoms with Crippen LogP contribution in [-0.4, -0.2) is 64.8 Å². The number of fused-ring (bicyclic) bond motifs is 4. The fourth-order valence-corrected chi connectivity index (χ4v) is 8.29. The molecule has 1 amide bonds. The molecule has 0 bridgehead atoms. The highest BCUT2D eigenvalue weighted by Gasteiger charge is 2.50. The minimum absolute atomic E-state index is 0.219. The van der Waals surface area contributed by atoms with Crippen molar-refractivity contribution in [1.29, 1.82) is 5.26 Å². The van der Waals surface area contributed by atoms with Gasteiger partial charge in [0.2, 0.25) is 5.91 Å². The molecule has 222 valence electrons. The van der Waals surface area contributed by atoms with E-state index in [0.717, 1.165) is 61.0 Å². The van der Waals surface area contributed by atoms with Gasteiger partial charge in [0.1, 0.15) is 36.3 Å². The van der Waals surface area contributed by atoms with E-state index in [2.05, 4.69) is 17.9 Å². The van der Waals surface area contributed by atoms with Crippen molar-refractivity contribution in [2.45, 2.75) is 94.2 Å². The molecule has 0 saturated carbocycles. The minimum atomic E-state index is -0.859. The Bertz CT molecular complexity index is 1480. The third-order valence-corrected chi connectivity index (χ3v) is 10.4. The molecule has 7 rings (SSSR count). The Kier molecular flexibility index (Phi) is 6.55. The van der Waals surface area contributed by atoms with E-state index in [1.807, 2.05) is 17.0 Å². The minimum Gasteiger partial charge on any atom is -0.461 e. The molecule has 10 nitrogen and oxygen atoms in total. The monoisotopic (exact) mass is 575 g/mol. The van der Waals surface area contributed by atoms with Crippen molar-refractivity contribution >= 4 is 17.4 Å². The number of primary amides is 1. The van der Waals surface area contributed by atoms with E-state index < -0.39 is 17.8 Å². The molecule has 1 aliphatic carbocycles. The first-order chi connectivity index (χ1) is 20.2. The van der Waals surface area contributed by atoms with Gasteiger partial charge >= 0.3 is 6.01 Å². The van der Waals surface area contributed by atoms with Crippen molar-refractivity contribution < 1.29 is 18.7 Å². The average Bonchev–Trinajstić information content (AvgIpc) is 3.68. The number of anilines is 2. The zero-order chi connectivity index (χ0) is 29.2. The molecule has 3 fully saturated rings. The summed E-state index contributed by atoms with van der Waals surface area (Å²) in [6, 6.07) is 5.92. The first-order valence-corrected chi connectivity index (χ1v) is 15.2. The van der Waals surface area contributed by atoms with Crippen LogP contribution in [0.5, 0.6) is 6.01 Å². The summed E-state index contributed by atoms with van der Waals surface area (Å²) in [5, 5.41) is 10.1. The summed E-state index contributed by atoms with van der Waals surface area (Å²) >= 11 is 0. The molecular formula is C31H38FN7O3. The molecule has 1 spiro atoms. The first kappa shape index (κ1) is 27.3. The summed E-state index contributed by atoms with van der Waals surface area (Å²) in [5.74, 6) is 0.489. The number of alkyl halides is 1. The normalized spacial score (nSPS) is 31.9. The van der Waals surface area contributed by atoms with Crippen LogP contribution in [0.25, 0.3) is 0 Å². The lowest BCUT2D eigenvalue weighted by Crippen LogP contribution is -2.45. The Morgan fingerprint density at radius 3 is 2.93 bits per heavy atom.